The second kappa shape index (κ2) is 7.54. The lowest BCUT2D eigenvalue weighted by Crippen LogP contribution is -2.29. The van der Waals surface area contributed by atoms with Gasteiger partial charge in [-0.25, -0.2) is 9.67 Å². The Morgan fingerprint density at radius 3 is 2.44 bits per heavy atom. The molecule has 0 bridgehead atoms. The highest BCUT2D eigenvalue weighted by Crippen LogP contribution is 2.40. The van der Waals surface area contributed by atoms with Crippen molar-refractivity contribution < 1.29 is 27.4 Å². The Bertz CT molecular complexity index is 1170. The van der Waals surface area contributed by atoms with Gasteiger partial charge in [0.2, 0.25) is 5.79 Å². The van der Waals surface area contributed by atoms with E-state index in [0.29, 0.717) is 28.4 Å². The van der Waals surface area contributed by atoms with Gasteiger partial charge in [0.25, 0.3) is 5.91 Å². The van der Waals surface area contributed by atoms with Gasteiger partial charge in [-0.1, -0.05) is 13.8 Å². The van der Waals surface area contributed by atoms with Gasteiger partial charge in [-0.2, -0.15) is 18.3 Å². The summed E-state index contributed by atoms with van der Waals surface area (Å²) >= 11 is 0. The number of hydrogen-bond acceptors (Lipinski definition) is 5. The van der Waals surface area contributed by atoms with Gasteiger partial charge in [0, 0.05) is 31.8 Å². The first-order valence-corrected chi connectivity index (χ1v) is 9.89. The van der Waals surface area contributed by atoms with Gasteiger partial charge in [0.1, 0.15) is 0 Å². The van der Waals surface area contributed by atoms with E-state index in [1.807, 2.05) is 13.8 Å². The van der Waals surface area contributed by atoms with Crippen LogP contribution in [0.15, 0.2) is 42.7 Å². The number of carbonyl (C=O) groups excluding carboxylic acids is 1. The highest BCUT2D eigenvalue weighted by molar-refractivity contribution is 6.05. The number of fused-ring (bicyclic) bond motifs is 1. The molecular weight excluding hydrogens is 425 g/mol. The quantitative estimate of drug-likeness (QED) is 0.598. The number of nitrogens with zero attached hydrogens (tertiary/aromatic N) is 3. The molecule has 0 saturated heterocycles. The predicted molar refractivity (Wildman–Crippen MR) is 110 cm³/mol. The number of amides is 1. The molecule has 1 N–H and O–H groups in total. The number of hydrogen-bond donors (Lipinski definition) is 1. The molecule has 168 valence electrons. The van der Waals surface area contributed by atoms with Gasteiger partial charge in [0.15, 0.2) is 17.3 Å². The molecule has 0 fully saturated rings. The summed E-state index contributed by atoms with van der Waals surface area (Å²) in [4.78, 5) is 16.9. The molecule has 0 spiro atoms. The Morgan fingerprint density at radius 1 is 1.09 bits per heavy atom. The van der Waals surface area contributed by atoms with Crippen molar-refractivity contribution in [3.05, 3.63) is 59.5 Å². The van der Waals surface area contributed by atoms with Crippen molar-refractivity contribution in [3.63, 3.8) is 0 Å². The zero-order chi connectivity index (χ0) is 23.3. The zero-order valence-electron chi connectivity index (χ0n) is 17.8. The van der Waals surface area contributed by atoms with Gasteiger partial charge in [-0.3, -0.25) is 4.79 Å². The Morgan fingerprint density at radius 2 is 1.81 bits per heavy atom. The lowest BCUT2D eigenvalue weighted by molar-refractivity contribution is -0.137. The van der Waals surface area contributed by atoms with Crippen LogP contribution in [0.5, 0.6) is 11.5 Å². The first-order valence-electron chi connectivity index (χ1n) is 9.89. The van der Waals surface area contributed by atoms with Crippen molar-refractivity contribution in [2.24, 2.45) is 0 Å². The molecule has 7 nitrogen and oxygen atoms in total. The van der Waals surface area contributed by atoms with Gasteiger partial charge < -0.3 is 14.8 Å². The molecule has 10 heteroatoms. The Balaban J connectivity index is 1.61. The molecule has 1 aliphatic rings. The summed E-state index contributed by atoms with van der Waals surface area (Å²) in [5.74, 6) is -0.0690. The average molecular weight is 446 g/mol. The smallest absolute Gasteiger partial charge is 0.417 e. The van der Waals surface area contributed by atoms with Crippen LogP contribution in [0, 0.1) is 0 Å². The molecule has 2 aromatic heterocycles. The molecule has 4 rings (SSSR count). The maximum absolute atomic E-state index is 13.0. The number of benzene rings is 1. The number of nitrogens with one attached hydrogen (secondary N) is 1. The number of carbonyl (C=O) groups is 1. The van der Waals surface area contributed by atoms with E-state index in [1.54, 1.807) is 32.0 Å². The van der Waals surface area contributed by atoms with Crippen LogP contribution in [0.3, 0.4) is 0 Å². The van der Waals surface area contributed by atoms with E-state index < -0.39 is 23.4 Å². The lowest BCUT2D eigenvalue weighted by atomic mass is 10.1. The van der Waals surface area contributed by atoms with Crippen molar-refractivity contribution in [1.82, 2.24) is 14.8 Å². The molecule has 32 heavy (non-hydrogen) atoms. The first-order chi connectivity index (χ1) is 14.9. The summed E-state index contributed by atoms with van der Waals surface area (Å²) in [6.07, 6.45) is -2.36. The minimum absolute atomic E-state index is 0.153. The number of anilines is 1. The normalized spacial score (nSPS) is 14.6. The maximum atomic E-state index is 13.0. The van der Waals surface area contributed by atoms with Crippen LogP contribution < -0.4 is 14.8 Å². The van der Waals surface area contributed by atoms with E-state index in [-0.39, 0.29) is 11.7 Å². The van der Waals surface area contributed by atoms with Gasteiger partial charge in [0.05, 0.1) is 23.0 Å². The second-order valence-electron chi connectivity index (χ2n) is 8.13. The molecule has 1 aromatic carbocycles. The minimum atomic E-state index is -4.48. The SMILES string of the molecule is CC(C)c1c(C(=O)Nc2ccc3c(c2)OC(C)(C)O3)cnn1-c1ccc(C(F)(F)F)cn1. The topological polar surface area (TPSA) is 78.3 Å². The number of ether oxygens (including phenoxy) is 2. The van der Waals surface area contributed by atoms with Gasteiger partial charge >= 0.3 is 6.18 Å². The highest BCUT2D eigenvalue weighted by Gasteiger charge is 2.32. The molecule has 0 unspecified atom stereocenters. The van der Waals surface area contributed by atoms with Crippen LogP contribution in [0.25, 0.3) is 5.82 Å². The van der Waals surface area contributed by atoms with Crippen LogP contribution >= 0.6 is 0 Å². The number of aromatic nitrogens is 3. The highest BCUT2D eigenvalue weighted by atomic mass is 19.4. The second-order valence-corrected chi connectivity index (χ2v) is 8.13. The van der Waals surface area contributed by atoms with Crippen LogP contribution in [-0.2, 0) is 6.18 Å². The molecular formula is C22H21F3N4O3. The van der Waals surface area contributed by atoms with E-state index in [2.05, 4.69) is 15.4 Å². The number of alkyl halides is 3. The summed E-state index contributed by atoms with van der Waals surface area (Å²) in [5.41, 5.74) is 0.463. The van der Waals surface area contributed by atoms with Crippen molar-refractivity contribution in [2.45, 2.75) is 45.6 Å². The van der Waals surface area contributed by atoms with E-state index >= 15 is 0 Å². The fraction of sp³-hybridized carbons (Fsp3) is 0.318. The summed E-state index contributed by atoms with van der Waals surface area (Å²) in [6.45, 7) is 7.28. The Hall–Kier alpha value is -3.56. The Labute approximate surface area is 182 Å². The third kappa shape index (κ3) is 4.12. The monoisotopic (exact) mass is 446 g/mol. The third-order valence-electron chi connectivity index (χ3n) is 4.80. The van der Waals surface area contributed by atoms with Crippen molar-refractivity contribution in [3.8, 4) is 17.3 Å². The third-order valence-corrected chi connectivity index (χ3v) is 4.80. The van der Waals surface area contributed by atoms with E-state index in [0.717, 1.165) is 12.3 Å². The summed E-state index contributed by atoms with van der Waals surface area (Å²) < 4.78 is 51.2. The molecule has 0 saturated carbocycles. The first kappa shape index (κ1) is 21.7. The molecule has 0 atom stereocenters. The van der Waals surface area contributed by atoms with Crippen molar-refractivity contribution >= 4 is 11.6 Å². The summed E-state index contributed by atoms with van der Waals surface area (Å²) in [7, 11) is 0. The fourth-order valence-electron chi connectivity index (χ4n) is 3.45. The number of halogens is 3. The number of pyridine rings is 1. The standard InChI is InChI=1S/C22H21F3N4O3/c1-12(2)19-15(11-27-29(19)18-8-5-13(10-26-18)22(23,24)25)20(30)28-14-6-7-16-17(9-14)32-21(3,4)31-16/h5-12H,1-4H3,(H,28,30). The maximum Gasteiger partial charge on any atom is 0.417 e. The molecule has 3 aromatic rings. The molecule has 1 aliphatic heterocycles. The lowest BCUT2D eigenvalue weighted by Gasteiger charge is -2.16. The van der Waals surface area contributed by atoms with E-state index in [1.165, 1.54) is 16.9 Å². The van der Waals surface area contributed by atoms with Gasteiger partial charge in [-0.05, 0) is 30.2 Å². The van der Waals surface area contributed by atoms with E-state index in [9.17, 15) is 18.0 Å². The largest absolute Gasteiger partial charge is 0.449 e. The van der Waals surface area contributed by atoms with Crippen molar-refractivity contribution in [1.29, 1.82) is 0 Å². The fourth-order valence-corrected chi connectivity index (χ4v) is 3.45. The molecule has 3 heterocycles. The molecule has 1 amide bonds. The predicted octanol–water partition coefficient (Wildman–Crippen LogP) is 5.17. The van der Waals surface area contributed by atoms with Crippen LogP contribution in [-0.4, -0.2) is 26.5 Å². The van der Waals surface area contributed by atoms with E-state index in [4.69, 9.17) is 9.47 Å². The molecule has 0 aliphatic carbocycles. The van der Waals surface area contributed by atoms with Gasteiger partial charge in [-0.15, -0.1) is 0 Å². The van der Waals surface area contributed by atoms with Crippen LogP contribution in [0.2, 0.25) is 0 Å². The summed E-state index contributed by atoms with van der Waals surface area (Å²) in [5, 5.41) is 7.01. The number of rotatable bonds is 4. The van der Waals surface area contributed by atoms with Crippen LogP contribution in [0.4, 0.5) is 18.9 Å². The zero-order valence-corrected chi connectivity index (χ0v) is 17.8. The average Bonchev–Trinajstić information content (AvgIpc) is 3.27. The van der Waals surface area contributed by atoms with Crippen LogP contribution in [0.1, 0.15) is 55.2 Å². The Kier molecular flexibility index (Phi) is 5.10. The summed E-state index contributed by atoms with van der Waals surface area (Å²) in [6, 6.07) is 7.22. The minimum Gasteiger partial charge on any atom is -0.449 e. The van der Waals surface area contributed by atoms with Crippen molar-refractivity contribution in [2.75, 3.05) is 5.32 Å². The molecule has 0 radical (unpaired) electrons.